The molecule has 0 bridgehead atoms. The van der Waals surface area contributed by atoms with Crippen LogP contribution in [-0.4, -0.2) is 46.4 Å². The van der Waals surface area contributed by atoms with Crippen molar-refractivity contribution in [2.45, 2.75) is 38.1 Å². The molecule has 2 amide bonds. The second-order valence-corrected chi connectivity index (χ2v) is 8.10. The number of para-hydroxylation sites is 4. The number of ether oxygens (including phenoxy) is 1. The predicted molar refractivity (Wildman–Crippen MR) is 118 cm³/mol. The van der Waals surface area contributed by atoms with E-state index >= 15 is 0 Å². The molecule has 7 heteroatoms. The van der Waals surface area contributed by atoms with Gasteiger partial charge in [0.2, 0.25) is 11.8 Å². The minimum absolute atomic E-state index is 0.0139. The number of aromatic amines is 1. The molecule has 2 aliphatic heterocycles. The Kier molecular flexibility index (Phi) is 5.32. The summed E-state index contributed by atoms with van der Waals surface area (Å²) in [5, 5.41) is 0. The number of hydrogen-bond acceptors (Lipinski definition) is 4. The molecule has 160 valence electrons. The molecule has 0 radical (unpaired) electrons. The Labute approximate surface area is 181 Å². The Morgan fingerprint density at radius 2 is 1.81 bits per heavy atom. The third-order valence-corrected chi connectivity index (χ3v) is 6.13. The minimum Gasteiger partial charge on any atom is -0.490 e. The number of fused-ring (bicyclic) bond motifs is 2. The lowest BCUT2D eigenvalue weighted by molar-refractivity contribution is -0.136. The van der Waals surface area contributed by atoms with E-state index in [0.717, 1.165) is 47.6 Å². The van der Waals surface area contributed by atoms with Gasteiger partial charge in [-0.3, -0.25) is 9.59 Å². The number of piperidine rings is 1. The predicted octanol–water partition coefficient (Wildman–Crippen LogP) is 3.82. The third kappa shape index (κ3) is 3.87. The van der Waals surface area contributed by atoms with Crippen molar-refractivity contribution in [2.75, 3.05) is 24.6 Å². The molecule has 3 heterocycles. The summed E-state index contributed by atoms with van der Waals surface area (Å²) in [6.07, 6.45) is 3.32. The van der Waals surface area contributed by atoms with Crippen LogP contribution in [0.1, 0.15) is 44.0 Å². The number of carbonyl (C=O) groups excluding carboxylic acids is 2. The fourth-order valence-corrected chi connectivity index (χ4v) is 4.57. The average Bonchev–Trinajstić information content (AvgIpc) is 3.26. The van der Waals surface area contributed by atoms with Gasteiger partial charge in [0.1, 0.15) is 18.2 Å². The largest absolute Gasteiger partial charge is 0.490 e. The molecule has 31 heavy (non-hydrogen) atoms. The summed E-state index contributed by atoms with van der Waals surface area (Å²) in [5.74, 6) is 1.53. The molecule has 1 unspecified atom stereocenters. The molecule has 3 aromatic rings. The SMILES string of the molecule is O=C(CCC(=O)N1CCCCC1c1nc2ccccc2[nH]1)N1CCOc2ccccc21. The van der Waals surface area contributed by atoms with Crippen LogP contribution < -0.4 is 9.64 Å². The monoisotopic (exact) mass is 418 g/mol. The van der Waals surface area contributed by atoms with Crippen LogP contribution in [0.25, 0.3) is 11.0 Å². The molecule has 1 fully saturated rings. The molecule has 5 rings (SSSR count). The van der Waals surface area contributed by atoms with Gasteiger partial charge >= 0.3 is 0 Å². The highest BCUT2D eigenvalue weighted by molar-refractivity contribution is 5.97. The van der Waals surface area contributed by atoms with Crippen molar-refractivity contribution in [2.24, 2.45) is 0 Å². The van der Waals surface area contributed by atoms with Gasteiger partial charge in [-0.15, -0.1) is 0 Å². The second-order valence-electron chi connectivity index (χ2n) is 8.10. The highest BCUT2D eigenvalue weighted by atomic mass is 16.5. The van der Waals surface area contributed by atoms with Crippen molar-refractivity contribution >= 4 is 28.5 Å². The van der Waals surface area contributed by atoms with E-state index in [1.807, 2.05) is 53.4 Å². The highest BCUT2D eigenvalue weighted by Crippen LogP contribution is 2.33. The summed E-state index contributed by atoms with van der Waals surface area (Å²) < 4.78 is 5.63. The van der Waals surface area contributed by atoms with E-state index in [1.54, 1.807) is 4.90 Å². The van der Waals surface area contributed by atoms with Gasteiger partial charge in [0.15, 0.2) is 0 Å². The van der Waals surface area contributed by atoms with E-state index in [-0.39, 0.29) is 30.7 Å². The quantitative estimate of drug-likeness (QED) is 0.699. The smallest absolute Gasteiger partial charge is 0.227 e. The maximum Gasteiger partial charge on any atom is 0.227 e. The number of hydrogen-bond donors (Lipinski definition) is 1. The number of nitrogens with one attached hydrogen (secondary N) is 1. The van der Waals surface area contributed by atoms with E-state index in [2.05, 4.69) is 4.98 Å². The van der Waals surface area contributed by atoms with Gasteiger partial charge < -0.3 is 19.5 Å². The van der Waals surface area contributed by atoms with Crippen molar-refractivity contribution < 1.29 is 14.3 Å². The number of H-pyrrole nitrogens is 1. The van der Waals surface area contributed by atoms with E-state index in [4.69, 9.17) is 9.72 Å². The van der Waals surface area contributed by atoms with Crippen molar-refractivity contribution in [3.8, 4) is 5.75 Å². The van der Waals surface area contributed by atoms with Crippen molar-refractivity contribution in [1.82, 2.24) is 14.9 Å². The van der Waals surface area contributed by atoms with Crippen LogP contribution in [0.2, 0.25) is 0 Å². The fourth-order valence-electron chi connectivity index (χ4n) is 4.57. The summed E-state index contributed by atoms with van der Waals surface area (Å²) in [7, 11) is 0. The maximum absolute atomic E-state index is 13.1. The molecule has 1 saturated heterocycles. The van der Waals surface area contributed by atoms with Crippen LogP contribution in [0.3, 0.4) is 0 Å². The zero-order valence-corrected chi connectivity index (χ0v) is 17.4. The first-order valence-corrected chi connectivity index (χ1v) is 11.0. The molecule has 0 spiro atoms. The topological polar surface area (TPSA) is 78.5 Å². The van der Waals surface area contributed by atoms with Crippen LogP contribution in [0, 0.1) is 0 Å². The molecule has 1 N–H and O–H groups in total. The first-order valence-electron chi connectivity index (χ1n) is 11.0. The van der Waals surface area contributed by atoms with Crippen molar-refractivity contribution in [1.29, 1.82) is 0 Å². The number of amides is 2. The number of benzene rings is 2. The molecular weight excluding hydrogens is 392 g/mol. The normalized spacial score (nSPS) is 18.5. The summed E-state index contributed by atoms with van der Waals surface area (Å²) in [5.41, 5.74) is 2.68. The summed E-state index contributed by atoms with van der Waals surface area (Å²) in [6.45, 7) is 1.68. The Morgan fingerprint density at radius 1 is 1.00 bits per heavy atom. The molecule has 2 aliphatic rings. The van der Waals surface area contributed by atoms with Crippen LogP contribution >= 0.6 is 0 Å². The molecule has 0 saturated carbocycles. The molecule has 0 aliphatic carbocycles. The van der Waals surface area contributed by atoms with Gasteiger partial charge in [-0.05, 0) is 43.5 Å². The number of anilines is 1. The number of likely N-dealkylation sites (tertiary alicyclic amines) is 1. The van der Waals surface area contributed by atoms with Gasteiger partial charge in [-0.25, -0.2) is 4.98 Å². The highest BCUT2D eigenvalue weighted by Gasteiger charge is 2.31. The first kappa shape index (κ1) is 19.6. The molecular formula is C24H26N4O3. The summed E-state index contributed by atoms with van der Waals surface area (Å²) in [6, 6.07) is 15.4. The van der Waals surface area contributed by atoms with E-state index in [1.165, 1.54) is 0 Å². The molecule has 1 atom stereocenters. The molecule has 2 aromatic carbocycles. The second kappa shape index (κ2) is 8.41. The molecule has 1 aromatic heterocycles. The lowest BCUT2D eigenvalue weighted by Gasteiger charge is -2.35. The Bertz CT molecular complexity index is 1080. The van der Waals surface area contributed by atoms with E-state index < -0.39 is 0 Å². The molecule has 7 nitrogen and oxygen atoms in total. The standard InChI is InChI=1S/C24H26N4O3/c29-22(12-13-23(30)28-15-16-31-21-11-4-3-9-19(21)28)27-14-6-5-10-20(27)24-25-17-7-1-2-8-18(17)26-24/h1-4,7-9,11,20H,5-6,10,12-16H2,(H,25,26). The van der Waals surface area contributed by atoms with Gasteiger partial charge in [0.25, 0.3) is 0 Å². The van der Waals surface area contributed by atoms with Crippen LogP contribution in [0.4, 0.5) is 5.69 Å². The minimum atomic E-state index is -0.0622. The lowest BCUT2D eigenvalue weighted by atomic mass is 10.0. The van der Waals surface area contributed by atoms with Crippen LogP contribution in [0.15, 0.2) is 48.5 Å². The number of nitrogens with zero attached hydrogens (tertiary/aromatic N) is 3. The number of rotatable bonds is 4. The summed E-state index contributed by atoms with van der Waals surface area (Å²) >= 11 is 0. The zero-order chi connectivity index (χ0) is 21.2. The summed E-state index contributed by atoms with van der Waals surface area (Å²) in [4.78, 5) is 37.8. The van der Waals surface area contributed by atoms with E-state index in [9.17, 15) is 9.59 Å². The number of imidazole rings is 1. The number of carbonyl (C=O) groups is 2. The average molecular weight is 418 g/mol. The first-order chi connectivity index (χ1) is 15.2. The third-order valence-electron chi connectivity index (χ3n) is 6.13. The number of aromatic nitrogens is 2. The van der Waals surface area contributed by atoms with Gasteiger partial charge in [0, 0.05) is 19.4 Å². The Morgan fingerprint density at radius 3 is 2.71 bits per heavy atom. The zero-order valence-electron chi connectivity index (χ0n) is 17.4. The van der Waals surface area contributed by atoms with Crippen molar-refractivity contribution in [3.63, 3.8) is 0 Å². The van der Waals surface area contributed by atoms with E-state index in [0.29, 0.717) is 19.7 Å². The van der Waals surface area contributed by atoms with Crippen LogP contribution in [-0.2, 0) is 9.59 Å². The Hall–Kier alpha value is -3.35. The fraction of sp³-hybridized carbons (Fsp3) is 0.375. The van der Waals surface area contributed by atoms with Crippen molar-refractivity contribution in [3.05, 3.63) is 54.4 Å². The van der Waals surface area contributed by atoms with Gasteiger partial charge in [-0.2, -0.15) is 0 Å². The maximum atomic E-state index is 13.1. The van der Waals surface area contributed by atoms with Crippen LogP contribution in [0.5, 0.6) is 5.75 Å². The van der Waals surface area contributed by atoms with Gasteiger partial charge in [-0.1, -0.05) is 24.3 Å². The lowest BCUT2D eigenvalue weighted by Crippen LogP contribution is -2.41. The Balaban J connectivity index is 1.27. The van der Waals surface area contributed by atoms with Gasteiger partial charge in [0.05, 0.1) is 29.3 Å².